The van der Waals surface area contributed by atoms with E-state index in [-0.39, 0.29) is 30.2 Å². The first-order valence-corrected chi connectivity index (χ1v) is 9.11. The summed E-state index contributed by atoms with van der Waals surface area (Å²) in [4.78, 5) is 24.7. The van der Waals surface area contributed by atoms with Gasteiger partial charge in [-0.1, -0.05) is 43.5 Å². The lowest BCUT2D eigenvalue weighted by molar-refractivity contribution is -0.137. The van der Waals surface area contributed by atoms with Gasteiger partial charge in [-0.2, -0.15) is 0 Å². The highest BCUT2D eigenvalue weighted by Gasteiger charge is 2.22. The first-order chi connectivity index (χ1) is 13.0. The highest BCUT2D eigenvalue weighted by molar-refractivity contribution is 6.02. The molecule has 0 spiro atoms. The number of phenolic OH excluding ortho intramolecular Hbond substituents is 2. The number of amides is 1. The summed E-state index contributed by atoms with van der Waals surface area (Å²) in [7, 11) is 0. The van der Waals surface area contributed by atoms with Crippen LogP contribution in [0.15, 0.2) is 48.5 Å². The largest absolute Gasteiger partial charge is 0.506 e. The van der Waals surface area contributed by atoms with E-state index in [1.165, 1.54) is 17.0 Å². The maximum Gasteiger partial charge on any atom is 0.303 e. The third-order valence-electron chi connectivity index (χ3n) is 4.28. The predicted molar refractivity (Wildman–Crippen MR) is 103 cm³/mol. The Morgan fingerprint density at radius 1 is 0.704 bits per heavy atom. The van der Waals surface area contributed by atoms with Gasteiger partial charge in [0.1, 0.15) is 11.5 Å². The van der Waals surface area contributed by atoms with Gasteiger partial charge < -0.3 is 15.3 Å². The zero-order chi connectivity index (χ0) is 19.6. The monoisotopic (exact) mass is 371 g/mol. The van der Waals surface area contributed by atoms with Crippen molar-refractivity contribution in [3.63, 3.8) is 0 Å². The molecule has 0 saturated carbocycles. The molecule has 0 aliphatic rings. The van der Waals surface area contributed by atoms with Crippen molar-refractivity contribution < 1.29 is 24.9 Å². The van der Waals surface area contributed by atoms with Crippen molar-refractivity contribution in [2.75, 3.05) is 4.90 Å². The van der Waals surface area contributed by atoms with Crippen LogP contribution in [0.2, 0.25) is 0 Å². The number of hydrogen-bond acceptors (Lipinski definition) is 4. The summed E-state index contributed by atoms with van der Waals surface area (Å²) in [6.07, 6.45) is 4.25. The Balaban J connectivity index is 2.02. The number of aromatic hydroxyl groups is 2. The molecule has 0 saturated heterocycles. The van der Waals surface area contributed by atoms with E-state index in [1.54, 1.807) is 36.4 Å². The van der Waals surface area contributed by atoms with E-state index in [0.29, 0.717) is 24.2 Å². The number of anilines is 2. The van der Waals surface area contributed by atoms with Gasteiger partial charge in [-0.3, -0.25) is 14.5 Å². The molecule has 2 rings (SSSR count). The van der Waals surface area contributed by atoms with Crippen LogP contribution in [0.1, 0.15) is 44.9 Å². The zero-order valence-corrected chi connectivity index (χ0v) is 15.2. The highest BCUT2D eigenvalue weighted by Crippen LogP contribution is 2.38. The molecule has 0 heterocycles. The summed E-state index contributed by atoms with van der Waals surface area (Å²) < 4.78 is 0. The number of rotatable bonds is 10. The van der Waals surface area contributed by atoms with E-state index in [2.05, 4.69) is 0 Å². The number of carboxylic acids is 1. The Bertz CT molecular complexity index is 729. The minimum atomic E-state index is -0.786. The van der Waals surface area contributed by atoms with Gasteiger partial charge in [-0.15, -0.1) is 0 Å². The van der Waals surface area contributed by atoms with Crippen molar-refractivity contribution in [1.82, 2.24) is 0 Å². The molecule has 144 valence electrons. The molecule has 3 N–H and O–H groups in total. The average molecular weight is 371 g/mol. The second kappa shape index (κ2) is 10.2. The molecule has 2 aromatic carbocycles. The molecular weight excluding hydrogens is 346 g/mol. The van der Waals surface area contributed by atoms with Crippen LogP contribution in [-0.4, -0.2) is 27.2 Å². The number of benzene rings is 2. The average Bonchev–Trinajstić information content (AvgIpc) is 2.64. The number of carbonyl (C=O) groups excluding carboxylic acids is 1. The van der Waals surface area contributed by atoms with Gasteiger partial charge in [0.05, 0.1) is 11.4 Å². The second-order valence-corrected chi connectivity index (χ2v) is 6.37. The number of unbranched alkanes of at least 4 members (excludes halogenated alkanes) is 4. The number of phenols is 2. The molecular formula is C21H25NO5. The molecule has 6 nitrogen and oxygen atoms in total. The molecule has 0 bridgehead atoms. The molecule has 0 atom stereocenters. The molecule has 0 fully saturated rings. The molecule has 0 aliphatic carbocycles. The van der Waals surface area contributed by atoms with Gasteiger partial charge in [0.15, 0.2) is 0 Å². The molecule has 0 unspecified atom stereocenters. The number of para-hydroxylation sites is 4. The van der Waals surface area contributed by atoms with E-state index < -0.39 is 5.97 Å². The Labute approximate surface area is 158 Å². The summed E-state index contributed by atoms with van der Waals surface area (Å²) in [6.45, 7) is 0. The number of carbonyl (C=O) groups is 2. The minimum absolute atomic E-state index is 0.0391. The Hall–Kier alpha value is -3.02. The first kappa shape index (κ1) is 20.3. The molecule has 0 aromatic heterocycles. The molecule has 6 heteroatoms. The van der Waals surface area contributed by atoms with E-state index in [1.807, 2.05) is 0 Å². The fourth-order valence-electron chi connectivity index (χ4n) is 2.90. The SMILES string of the molecule is O=C(O)CCCCCCCC(=O)N(c1ccccc1O)c1ccccc1O. The molecule has 0 radical (unpaired) electrons. The third kappa shape index (κ3) is 6.02. The lowest BCUT2D eigenvalue weighted by Crippen LogP contribution is -2.25. The molecule has 27 heavy (non-hydrogen) atoms. The number of aliphatic carboxylic acids is 1. The Kier molecular flexibility index (Phi) is 7.67. The van der Waals surface area contributed by atoms with Crippen molar-refractivity contribution in [3.05, 3.63) is 48.5 Å². The van der Waals surface area contributed by atoms with Crippen LogP contribution in [0.5, 0.6) is 11.5 Å². The number of hydrogen-bond donors (Lipinski definition) is 3. The van der Waals surface area contributed by atoms with Gasteiger partial charge in [-0.25, -0.2) is 0 Å². The van der Waals surface area contributed by atoms with Gasteiger partial charge in [-0.05, 0) is 37.1 Å². The van der Waals surface area contributed by atoms with Crippen molar-refractivity contribution >= 4 is 23.3 Å². The summed E-state index contributed by atoms with van der Waals surface area (Å²) in [5.74, 6) is -1.08. The quantitative estimate of drug-likeness (QED) is 0.531. The number of carboxylic acid groups (broad SMARTS) is 1. The van der Waals surface area contributed by atoms with Crippen LogP contribution in [0.25, 0.3) is 0 Å². The molecule has 2 aromatic rings. The van der Waals surface area contributed by atoms with Gasteiger partial charge in [0.2, 0.25) is 5.91 Å². The van der Waals surface area contributed by atoms with E-state index >= 15 is 0 Å². The van der Waals surface area contributed by atoms with Gasteiger partial charge in [0.25, 0.3) is 0 Å². The van der Waals surface area contributed by atoms with Crippen molar-refractivity contribution in [2.45, 2.75) is 44.9 Å². The van der Waals surface area contributed by atoms with Crippen molar-refractivity contribution in [1.29, 1.82) is 0 Å². The maximum atomic E-state index is 12.9. The first-order valence-electron chi connectivity index (χ1n) is 9.11. The van der Waals surface area contributed by atoms with Crippen LogP contribution in [0, 0.1) is 0 Å². The summed E-state index contributed by atoms with van der Waals surface area (Å²) in [6, 6.07) is 13.0. The highest BCUT2D eigenvalue weighted by atomic mass is 16.4. The van der Waals surface area contributed by atoms with Gasteiger partial charge >= 0.3 is 5.97 Å². The topological polar surface area (TPSA) is 98.1 Å². The normalized spacial score (nSPS) is 10.5. The smallest absolute Gasteiger partial charge is 0.303 e. The van der Waals surface area contributed by atoms with Crippen molar-refractivity contribution in [3.8, 4) is 11.5 Å². The fourth-order valence-corrected chi connectivity index (χ4v) is 2.90. The fraction of sp³-hybridized carbons (Fsp3) is 0.333. The zero-order valence-electron chi connectivity index (χ0n) is 15.2. The standard InChI is InChI=1S/C21H25NO5/c23-18-12-8-6-10-16(18)22(17-11-7-9-13-19(17)24)20(25)14-4-2-1-3-5-15-21(26)27/h6-13,23-24H,1-5,14-15H2,(H,26,27). The predicted octanol–water partition coefficient (Wildman–Crippen LogP) is 4.58. The summed E-state index contributed by atoms with van der Waals surface area (Å²) >= 11 is 0. The minimum Gasteiger partial charge on any atom is -0.506 e. The van der Waals surface area contributed by atoms with E-state index in [4.69, 9.17) is 5.11 Å². The summed E-state index contributed by atoms with van der Waals surface area (Å²) in [5.41, 5.74) is 0.649. The van der Waals surface area contributed by atoms with E-state index in [0.717, 1.165) is 19.3 Å². The van der Waals surface area contributed by atoms with Crippen LogP contribution in [0.4, 0.5) is 11.4 Å². The van der Waals surface area contributed by atoms with Gasteiger partial charge in [0, 0.05) is 12.8 Å². The van der Waals surface area contributed by atoms with Crippen LogP contribution < -0.4 is 4.90 Å². The Morgan fingerprint density at radius 3 is 1.63 bits per heavy atom. The van der Waals surface area contributed by atoms with Crippen LogP contribution in [0.3, 0.4) is 0 Å². The Morgan fingerprint density at radius 2 is 1.15 bits per heavy atom. The van der Waals surface area contributed by atoms with Crippen LogP contribution >= 0.6 is 0 Å². The van der Waals surface area contributed by atoms with E-state index in [9.17, 15) is 19.8 Å². The molecule has 0 aliphatic heterocycles. The second-order valence-electron chi connectivity index (χ2n) is 6.37. The summed E-state index contributed by atoms with van der Waals surface area (Å²) in [5, 5.41) is 29.0. The van der Waals surface area contributed by atoms with Crippen molar-refractivity contribution in [2.24, 2.45) is 0 Å². The molecule has 1 amide bonds. The third-order valence-corrected chi connectivity index (χ3v) is 4.28. The maximum absolute atomic E-state index is 12.9. The number of nitrogens with zero attached hydrogens (tertiary/aromatic N) is 1. The lowest BCUT2D eigenvalue weighted by Gasteiger charge is -2.24. The lowest BCUT2D eigenvalue weighted by atomic mass is 10.1. The van der Waals surface area contributed by atoms with Crippen LogP contribution in [-0.2, 0) is 9.59 Å².